The Hall–Kier alpha value is -0.440. The Morgan fingerprint density at radius 3 is 2.45 bits per heavy atom. The summed E-state index contributed by atoms with van der Waals surface area (Å²) in [6.45, 7) is 9.06. The van der Waals surface area contributed by atoms with Gasteiger partial charge in [0.05, 0.1) is 5.70 Å². The molecule has 3 rings (SSSR count). The molecule has 0 bridgehead atoms. The maximum Gasteiger partial charge on any atom is 0.183 e. The molecule has 0 aromatic rings. The number of rotatable bonds is 1. The van der Waals surface area contributed by atoms with Crippen LogP contribution in [0.3, 0.4) is 0 Å². The third kappa shape index (κ3) is 2.79. The van der Waals surface area contributed by atoms with Crippen molar-refractivity contribution in [3.63, 3.8) is 0 Å². The number of carbonyl (C=O) groups excluding carboxylic acids is 1. The maximum absolute atomic E-state index is 12.9. The van der Waals surface area contributed by atoms with Gasteiger partial charge in [-0.15, -0.1) is 11.8 Å². The predicted molar refractivity (Wildman–Crippen MR) is 85.5 cm³/mol. The van der Waals surface area contributed by atoms with Crippen LogP contribution in [0.25, 0.3) is 0 Å². The van der Waals surface area contributed by atoms with Crippen LogP contribution in [0.15, 0.2) is 11.1 Å². The van der Waals surface area contributed by atoms with Crippen LogP contribution in [0.5, 0.6) is 0 Å². The molecule has 0 aromatic carbocycles. The van der Waals surface area contributed by atoms with Crippen LogP contribution < -0.4 is 0 Å². The number of fused-ring (bicyclic) bond motifs is 1. The molecule has 5 unspecified atom stereocenters. The van der Waals surface area contributed by atoms with E-state index in [1.54, 1.807) is 0 Å². The summed E-state index contributed by atoms with van der Waals surface area (Å²) in [5, 5.41) is 2.74. The molecule has 20 heavy (non-hydrogen) atoms. The van der Waals surface area contributed by atoms with Crippen molar-refractivity contribution in [1.29, 1.82) is 0 Å². The Bertz CT molecular complexity index is 409. The molecule has 1 saturated heterocycles. The second-order valence-electron chi connectivity index (χ2n) is 7.42. The quantitative estimate of drug-likeness (QED) is 0.730. The maximum atomic E-state index is 12.9. The molecular formula is C17H27NOS. The highest BCUT2D eigenvalue weighted by Gasteiger charge is 2.40. The van der Waals surface area contributed by atoms with Crippen molar-refractivity contribution in [2.75, 3.05) is 13.1 Å². The number of carbonyl (C=O) groups is 1. The highest BCUT2D eigenvalue weighted by Crippen LogP contribution is 2.43. The van der Waals surface area contributed by atoms with Crippen molar-refractivity contribution < 1.29 is 4.79 Å². The van der Waals surface area contributed by atoms with Crippen LogP contribution in [-0.2, 0) is 4.79 Å². The first-order valence-corrected chi connectivity index (χ1v) is 9.13. The van der Waals surface area contributed by atoms with Gasteiger partial charge >= 0.3 is 0 Å². The van der Waals surface area contributed by atoms with Crippen LogP contribution in [0.4, 0.5) is 0 Å². The summed E-state index contributed by atoms with van der Waals surface area (Å²) in [7, 11) is 0. The van der Waals surface area contributed by atoms with Gasteiger partial charge < -0.3 is 4.90 Å². The minimum absolute atomic E-state index is 0.288. The Labute approximate surface area is 127 Å². The van der Waals surface area contributed by atoms with E-state index in [0.717, 1.165) is 31.1 Å². The zero-order chi connectivity index (χ0) is 14.3. The molecule has 0 aromatic heterocycles. The number of likely N-dealkylation sites (tertiary alicyclic amines) is 1. The molecule has 0 amide bonds. The molecule has 1 aliphatic carbocycles. The van der Waals surface area contributed by atoms with E-state index < -0.39 is 0 Å². The lowest BCUT2D eigenvalue weighted by Gasteiger charge is -2.42. The summed E-state index contributed by atoms with van der Waals surface area (Å²) in [5.74, 6) is 2.87. The molecule has 0 N–H and O–H groups in total. The summed E-state index contributed by atoms with van der Waals surface area (Å²) in [4.78, 5) is 15.3. The first kappa shape index (κ1) is 14.5. The van der Waals surface area contributed by atoms with Crippen LogP contribution in [0.1, 0.15) is 46.5 Å². The summed E-state index contributed by atoms with van der Waals surface area (Å²) in [6, 6.07) is 0. The molecule has 0 radical (unpaired) electrons. The van der Waals surface area contributed by atoms with Crippen LogP contribution in [0, 0.1) is 23.7 Å². The highest BCUT2D eigenvalue weighted by atomic mass is 32.2. The summed E-state index contributed by atoms with van der Waals surface area (Å²) in [5.41, 5.74) is 1.03. The fraction of sp³-hybridized carbons (Fsp3) is 0.824. The van der Waals surface area contributed by atoms with Crippen LogP contribution in [-0.4, -0.2) is 29.0 Å². The molecule has 3 heteroatoms. The van der Waals surface area contributed by atoms with E-state index in [0.29, 0.717) is 22.9 Å². The topological polar surface area (TPSA) is 20.3 Å². The average Bonchev–Trinajstić information content (AvgIpc) is 2.38. The van der Waals surface area contributed by atoms with Gasteiger partial charge in [0.2, 0.25) is 0 Å². The van der Waals surface area contributed by atoms with E-state index in [2.05, 4.69) is 31.1 Å². The number of thioether (sulfide) groups is 1. The van der Waals surface area contributed by atoms with E-state index in [4.69, 9.17) is 0 Å². The zero-order valence-electron chi connectivity index (χ0n) is 13.0. The lowest BCUT2D eigenvalue weighted by molar-refractivity contribution is -0.122. The monoisotopic (exact) mass is 293 g/mol. The smallest absolute Gasteiger partial charge is 0.183 e. The number of allylic oxidation sites excluding steroid dienone is 1. The highest BCUT2D eigenvalue weighted by molar-refractivity contribution is 8.02. The van der Waals surface area contributed by atoms with Crippen LogP contribution >= 0.6 is 11.8 Å². The molecule has 5 atom stereocenters. The Morgan fingerprint density at radius 2 is 1.75 bits per heavy atom. The summed E-state index contributed by atoms with van der Waals surface area (Å²) in [6.07, 6.45) is 4.92. The fourth-order valence-corrected chi connectivity index (χ4v) is 5.55. The lowest BCUT2D eigenvalue weighted by Crippen LogP contribution is -2.44. The van der Waals surface area contributed by atoms with Gasteiger partial charge in [0, 0.05) is 24.3 Å². The van der Waals surface area contributed by atoms with Crippen LogP contribution in [0.2, 0.25) is 0 Å². The van der Waals surface area contributed by atoms with E-state index in [1.807, 2.05) is 11.8 Å². The molecule has 0 spiro atoms. The minimum atomic E-state index is 0.288. The van der Waals surface area contributed by atoms with Gasteiger partial charge in [-0.25, -0.2) is 0 Å². The van der Waals surface area contributed by atoms with Gasteiger partial charge in [-0.2, -0.15) is 0 Å². The minimum Gasteiger partial charge on any atom is -0.368 e. The van der Waals surface area contributed by atoms with Crippen molar-refractivity contribution in [2.45, 2.75) is 51.7 Å². The second-order valence-corrected chi connectivity index (χ2v) is 8.53. The second kappa shape index (κ2) is 5.75. The molecule has 2 aliphatic heterocycles. The van der Waals surface area contributed by atoms with Gasteiger partial charge in [-0.05, 0) is 48.8 Å². The number of piperidine rings is 1. The molecule has 2 nitrogen and oxygen atoms in total. The van der Waals surface area contributed by atoms with Gasteiger partial charge in [-0.1, -0.05) is 20.8 Å². The third-order valence-electron chi connectivity index (χ3n) is 5.20. The van der Waals surface area contributed by atoms with E-state index >= 15 is 0 Å². The Morgan fingerprint density at radius 1 is 1.05 bits per heavy atom. The molecule has 2 heterocycles. The van der Waals surface area contributed by atoms with E-state index in [-0.39, 0.29) is 5.92 Å². The van der Waals surface area contributed by atoms with Gasteiger partial charge in [-0.3, -0.25) is 4.79 Å². The third-order valence-corrected chi connectivity index (χ3v) is 6.48. The fourth-order valence-electron chi connectivity index (χ4n) is 4.28. The van der Waals surface area contributed by atoms with Crippen molar-refractivity contribution >= 4 is 17.5 Å². The van der Waals surface area contributed by atoms with Crippen molar-refractivity contribution in [2.24, 2.45) is 23.7 Å². The van der Waals surface area contributed by atoms with Crippen molar-refractivity contribution in [3.8, 4) is 0 Å². The number of hydrogen-bond acceptors (Lipinski definition) is 3. The molecular weight excluding hydrogens is 266 g/mol. The van der Waals surface area contributed by atoms with Crippen molar-refractivity contribution in [1.82, 2.24) is 4.90 Å². The summed E-state index contributed by atoms with van der Waals surface area (Å²) < 4.78 is 0. The predicted octanol–water partition coefficient (Wildman–Crippen LogP) is 3.93. The van der Waals surface area contributed by atoms with Crippen molar-refractivity contribution in [3.05, 3.63) is 11.1 Å². The summed E-state index contributed by atoms with van der Waals surface area (Å²) >= 11 is 1.93. The number of hydrogen-bond donors (Lipinski definition) is 0. The first-order chi connectivity index (χ1) is 9.54. The molecule has 3 aliphatic rings. The lowest BCUT2D eigenvalue weighted by atomic mass is 9.78. The normalized spacial score (nSPS) is 42.1. The van der Waals surface area contributed by atoms with Gasteiger partial charge in [0.1, 0.15) is 0 Å². The molecule has 112 valence electrons. The molecule has 2 fully saturated rings. The SMILES string of the molecule is CC1CCC2SC=C(N3CC(C)CC(C)C3)C(=O)C2C1. The number of Topliss-reactive ketones (excluding diaryl/α,β-unsaturated/α-hetero) is 1. The molecule has 1 saturated carbocycles. The largest absolute Gasteiger partial charge is 0.368 e. The van der Waals surface area contributed by atoms with Gasteiger partial charge in [0.25, 0.3) is 0 Å². The Kier molecular flexibility index (Phi) is 4.16. The number of ketones is 1. The number of nitrogens with zero attached hydrogens (tertiary/aromatic N) is 1. The standard InChI is InChI=1S/C17H27NOS/c1-11-4-5-16-14(7-11)17(19)15(10-20-16)18-8-12(2)6-13(3)9-18/h10-14,16H,4-9H2,1-3H3. The first-order valence-electron chi connectivity index (χ1n) is 8.19. The van der Waals surface area contributed by atoms with E-state index in [1.165, 1.54) is 19.3 Å². The van der Waals surface area contributed by atoms with E-state index in [9.17, 15) is 4.79 Å². The van der Waals surface area contributed by atoms with Gasteiger partial charge in [0.15, 0.2) is 5.78 Å². The Balaban J connectivity index is 1.76. The average molecular weight is 293 g/mol. The zero-order valence-corrected chi connectivity index (χ0v) is 13.8.